The van der Waals surface area contributed by atoms with E-state index in [1.807, 2.05) is 6.92 Å². The van der Waals surface area contributed by atoms with Crippen LogP contribution >= 0.6 is 0 Å². The molecule has 3 rings (SSSR count). The number of hydrogen-bond donors (Lipinski definition) is 3. The number of nitrogens with one attached hydrogen (secondary N) is 2. The molecule has 0 saturated carbocycles. The second kappa shape index (κ2) is 8.30. The topological polar surface area (TPSA) is 134 Å². The fourth-order valence-corrected chi connectivity index (χ4v) is 2.74. The first kappa shape index (κ1) is 19.0. The number of nitrogens with zero attached hydrogens (tertiary/aromatic N) is 3. The SMILES string of the molecule is CCN(CCC(=O)Nc1ccc(C(N)=O)cc1)C(=O)c1ccc2n[nH]nc2c1. The van der Waals surface area contributed by atoms with Crippen molar-refractivity contribution >= 4 is 34.4 Å². The van der Waals surface area contributed by atoms with Gasteiger partial charge in [0.1, 0.15) is 11.0 Å². The van der Waals surface area contributed by atoms with Gasteiger partial charge in [0.05, 0.1) is 0 Å². The number of hydrogen-bond acceptors (Lipinski definition) is 5. The van der Waals surface area contributed by atoms with Gasteiger partial charge in [0.2, 0.25) is 11.8 Å². The highest BCUT2D eigenvalue weighted by Crippen LogP contribution is 2.14. The number of carbonyl (C=O) groups is 3. The molecule has 0 spiro atoms. The molecule has 0 aliphatic carbocycles. The van der Waals surface area contributed by atoms with Gasteiger partial charge < -0.3 is 16.0 Å². The molecule has 0 atom stereocenters. The number of aromatic amines is 1. The summed E-state index contributed by atoms with van der Waals surface area (Å²) in [5, 5.41) is 13.2. The van der Waals surface area contributed by atoms with E-state index >= 15 is 0 Å². The summed E-state index contributed by atoms with van der Waals surface area (Å²) in [6.45, 7) is 2.60. The van der Waals surface area contributed by atoms with Gasteiger partial charge >= 0.3 is 0 Å². The van der Waals surface area contributed by atoms with E-state index in [0.717, 1.165) is 0 Å². The Morgan fingerprint density at radius 2 is 1.71 bits per heavy atom. The first-order chi connectivity index (χ1) is 13.5. The molecular formula is C19H20N6O3. The minimum atomic E-state index is -0.529. The Kier molecular flexibility index (Phi) is 5.64. The predicted molar refractivity (Wildman–Crippen MR) is 104 cm³/mol. The van der Waals surface area contributed by atoms with E-state index in [4.69, 9.17) is 5.73 Å². The van der Waals surface area contributed by atoms with Crippen LogP contribution in [0.2, 0.25) is 0 Å². The molecule has 0 fully saturated rings. The third kappa shape index (κ3) is 4.32. The van der Waals surface area contributed by atoms with Crippen LogP contribution in [0.25, 0.3) is 11.0 Å². The summed E-state index contributed by atoms with van der Waals surface area (Å²) in [5.41, 5.74) is 7.89. The maximum atomic E-state index is 12.7. The third-order valence-electron chi connectivity index (χ3n) is 4.29. The summed E-state index contributed by atoms with van der Waals surface area (Å²) >= 11 is 0. The van der Waals surface area contributed by atoms with Gasteiger partial charge in [0.15, 0.2) is 0 Å². The van der Waals surface area contributed by atoms with E-state index in [1.165, 1.54) is 0 Å². The molecule has 1 heterocycles. The van der Waals surface area contributed by atoms with Gasteiger partial charge in [-0.15, -0.1) is 0 Å². The molecule has 9 nitrogen and oxygen atoms in total. The Morgan fingerprint density at radius 1 is 1.04 bits per heavy atom. The largest absolute Gasteiger partial charge is 0.366 e. The fourth-order valence-electron chi connectivity index (χ4n) is 2.74. The van der Waals surface area contributed by atoms with Crippen molar-refractivity contribution in [1.29, 1.82) is 0 Å². The average Bonchev–Trinajstić information content (AvgIpc) is 3.16. The first-order valence-corrected chi connectivity index (χ1v) is 8.77. The molecule has 0 unspecified atom stereocenters. The number of fused-ring (bicyclic) bond motifs is 1. The van der Waals surface area contributed by atoms with Crippen molar-refractivity contribution in [1.82, 2.24) is 20.3 Å². The number of aromatic nitrogens is 3. The van der Waals surface area contributed by atoms with Crippen LogP contribution in [0.4, 0.5) is 5.69 Å². The van der Waals surface area contributed by atoms with Crippen molar-refractivity contribution in [3.05, 3.63) is 53.6 Å². The number of primary amides is 1. The normalized spacial score (nSPS) is 10.6. The van der Waals surface area contributed by atoms with Crippen LogP contribution in [0.1, 0.15) is 34.1 Å². The first-order valence-electron chi connectivity index (χ1n) is 8.77. The molecule has 0 aliphatic heterocycles. The number of H-pyrrole nitrogens is 1. The second-order valence-corrected chi connectivity index (χ2v) is 6.15. The van der Waals surface area contributed by atoms with Gasteiger partial charge in [-0.05, 0) is 49.4 Å². The Balaban J connectivity index is 1.58. The van der Waals surface area contributed by atoms with E-state index in [9.17, 15) is 14.4 Å². The van der Waals surface area contributed by atoms with Gasteiger partial charge in [-0.3, -0.25) is 14.4 Å². The van der Waals surface area contributed by atoms with Gasteiger partial charge in [-0.1, -0.05) is 0 Å². The van der Waals surface area contributed by atoms with Gasteiger partial charge in [-0.2, -0.15) is 15.4 Å². The Hall–Kier alpha value is -3.75. The van der Waals surface area contributed by atoms with Crippen molar-refractivity contribution in [2.45, 2.75) is 13.3 Å². The molecule has 2 aromatic carbocycles. The van der Waals surface area contributed by atoms with Crippen molar-refractivity contribution in [2.24, 2.45) is 5.73 Å². The summed E-state index contributed by atoms with van der Waals surface area (Å²) in [4.78, 5) is 37.6. The highest BCUT2D eigenvalue weighted by molar-refractivity contribution is 5.98. The highest BCUT2D eigenvalue weighted by Gasteiger charge is 2.16. The molecule has 9 heteroatoms. The third-order valence-corrected chi connectivity index (χ3v) is 4.29. The summed E-state index contributed by atoms with van der Waals surface area (Å²) in [6, 6.07) is 11.4. The number of anilines is 1. The van der Waals surface area contributed by atoms with Crippen molar-refractivity contribution in [3.8, 4) is 0 Å². The summed E-state index contributed by atoms with van der Waals surface area (Å²) in [5.74, 6) is -0.935. The van der Waals surface area contributed by atoms with E-state index < -0.39 is 5.91 Å². The quantitative estimate of drug-likeness (QED) is 0.572. The minimum Gasteiger partial charge on any atom is -0.366 e. The number of benzene rings is 2. The lowest BCUT2D eigenvalue weighted by molar-refractivity contribution is -0.116. The fraction of sp³-hybridized carbons (Fsp3) is 0.211. The molecule has 0 saturated heterocycles. The monoisotopic (exact) mass is 380 g/mol. The number of nitrogens with two attached hydrogens (primary N) is 1. The van der Waals surface area contributed by atoms with E-state index in [2.05, 4.69) is 20.7 Å². The molecule has 3 amide bonds. The standard InChI is InChI=1S/C19H20N6O3/c1-2-25(19(28)13-5-8-15-16(11-13)23-24-22-15)10-9-17(26)21-14-6-3-12(4-7-14)18(20)27/h3-8,11H,2,9-10H2,1H3,(H2,20,27)(H,21,26)(H,22,23,24). The maximum absolute atomic E-state index is 12.7. The summed E-state index contributed by atoms with van der Waals surface area (Å²) in [6.07, 6.45) is 0.142. The Labute approximate surface area is 160 Å². The lowest BCUT2D eigenvalue weighted by Crippen LogP contribution is -2.33. The van der Waals surface area contributed by atoms with Crippen molar-refractivity contribution in [3.63, 3.8) is 0 Å². The molecule has 0 bridgehead atoms. The summed E-state index contributed by atoms with van der Waals surface area (Å²) < 4.78 is 0. The van der Waals surface area contributed by atoms with Crippen LogP contribution in [0.5, 0.6) is 0 Å². The molecule has 0 radical (unpaired) electrons. The molecule has 144 valence electrons. The molecule has 4 N–H and O–H groups in total. The van der Waals surface area contributed by atoms with E-state index in [-0.39, 0.29) is 24.8 Å². The van der Waals surface area contributed by atoms with Gasteiger partial charge in [0, 0.05) is 36.3 Å². The van der Waals surface area contributed by atoms with Crippen molar-refractivity contribution < 1.29 is 14.4 Å². The zero-order valence-electron chi connectivity index (χ0n) is 15.3. The lowest BCUT2D eigenvalue weighted by atomic mass is 10.1. The molecule has 1 aromatic heterocycles. The Morgan fingerprint density at radius 3 is 2.39 bits per heavy atom. The zero-order chi connectivity index (χ0) is 20.1. The number of carbonyl (C=O) groups excluding carboxylic acids is 3. The molecule has 28 heavy (non-hydrogen) atoms. The van der Waals surface area contributed by atoms with Crippen LogP contribution < -0.4 is 11.1 Å². The van der Waals surface area contributed by atoms with Crippen LogP contribution in [-0.2, 0) is 4.79 Å². The maximum Gasteiger partial charge on any atom is 0.253 e. The summed E-state index contributed by atoms with van der Waals surface area (Å²) in [7, 11) is 0. The van der Waals surface area contributed by atoms with Crippen LogP contribution in [0.15, 0.2) is 42.5 Å². The Bertz CT molecular complexity index is 1010. The predicted octanol–water partition coefficient (Wildman–Crippen LogP) is 1.55. The smallest absolute Gasteiger partial charge is 0.253 e. The van der Waals surface area contributed by atoms with Crippen LogP contribution in [0, 0.1) is 0 Å². The van der Waals surface area contributed by atoms with Gasteiger partial charge in [0.25, 0.3) is 5.91 Å². The van der Waals surface area contributed by atoms with Crippen LogP contribution in [-0.4, -0.2) is 51.1 Å². The highest BCUT2D eigenvalue weighted by atomic mass is 16.2. The second-order valence-electron chi connectivity index (χ2n) is 6.15. The number of rotatable bonds is 7. The van der Waals surface area contributed by atoms with Crippen molar-refractivity contribution in [2.75, 3.05) is 18.4 Å². The lowest BCUT2D eigenvalue weighted by Gasteiger charge is -2.20. The molecule has 0 aliphatic rings. The molecular weight excluding hydrogens is 360 g/mol. The number of amides is 3. The average molecular weight is 380 g/mol. The zero-order valence-corrected chi connectivity index (χ0v) is 15.3. The molecule has 3 aromatic rings. The van der Waals surface area contributed by atoms with E-state index in [1.54, 1.807) is 47.4 Å². The van der Waals surface area contributed by atoms with Gasteiger partial charge in [-0.25, -0.2) is 0 Å². The van der Waals surface area contributed by atoms with E-state index in [0.29, 0.717) is 34.4 Å². The minimum absolute atomic E-state index is 0.142. The van der Waals surface area contributed by atoms with Crippen LogP contribution in [0.3, 0.4) is 0 Å².